The molecule has 3 amide bonds. The molecule has 3 aliphatic rings. The molecule has 0 saturated carbocycles. The molecule has 3 heterocycles. The second-order valence-corrected chi connectivity index (χ2v) is 7.61. The van der Waals surface area contributed by atoms with E-state index in [0.29, 0.717) is 45.6 Å². The molecule has 0 aromatic rings. The van der Waals surface area contributed by atoms with E-state index in [1.165, 1.54) is 0 Å². The number of carbonyl (C=O) groups excluding carboxylic acids is 3. The predicted octanol–water partition coefficient (Wildman–Crippen LogP) is 1.61. The Morgan fingerprint density at radius 3 is 2.20 bits per heavy atom. The molecule has 3 rings (SSSR count). The van der Waals surface area contributed by atoms with Crippen molar-refractivity contribution in [2.75, 3.05) is 32.7 Å². The van der Waals surface area contributed by atoms with Crippen molar-refractivity contribution in [3.63, 3.8) is 0 Å². The van der Waals surface area contributed by atoms with E-state index in [1.54, 1.807) is 9.80 Å². The summed E-state index contributed by atoms with van der Waals surface area (Å²) in [5.74, 6) is -0.785. The van der Waals surface area contributed by atoms with E-state index in [2.05, 4.69) is 13.8 Å². The molecule has 3 saturated heterocycles. The normalized spacial score (nSPS) is 23.9. The van der Waals surface area contributed by atoms with Gasteiger partial charge in [0.05, 0.1) is 6.54 Å². The van der Waals surface area contributed by atoms with E-state index in [4.69, 9.17) is 4.74 Å². The van der Waals surface area contributed by atoms with Crippen LogP contribution >= 0.6 is 0 Å². The molecule has 3 fully saturated rings. The van der Waals surface area contributed by atoms with Gasteiger partial charge in [-0.15, -0.1) is 0 Å². The minimum Gasteiger partial charge on any atom is -0.441 e. The van der Waals surface area contributed by atoms with Gasteiger partial charge in [-0.2, -0.15) is 0 Å². The van der Waals surface area contributed by atoms with Gasteiger partial charge in [0.15, 0.2) is 0 Å². The minimum atomic E-state index is -0.493. The van der Waals surface area contributed by atoms with Gasteiger partial charge < -0.3 is 19.4 Å². The van der Waals surface area contributed by atoms with Crippen molar-refractivity contribution in [3.8, 4) is 0 Å². The number of carbonyl (C=O) groups is 3. The van der Waals surface area contributed by atoms with Gasteiger partial charge in [-0.05, 0) is 26.2 Å². The van der Waals surface area contributed by atoms with E-state index >= 15 is 0 Å². The molecular formula is C18H29N3O4. The van der Waals surface area contributed by atoms with Crippen molar-refractivity contribution >= 4 is 17.9 Å². The average molecular weight is 351 g/mol. The maximum Gasteiger partial charge on any atom is 0.410 e. The first-order valence-electron chi connectivity index (χ1n) is 9.53. The SMILES string of the molecule is CCC[C@@H](C)N1CC2(CCN(C(=O)C(=O)N3CCCC3)CC2)OC1=O. The molecule has 0 N–H and O–H groups in total. The summed E-state index contributed by atoms with van der Waals surface area (Å²) in [7, 11) is 0. The molecule has 7 heteroatoms. The second-order valence-electron chi connectivity index (χ2n) is 7.61. The predicted molar refractivity (Wildman–Crippen MR) is 91.9 cm³/mol. The lowest BCUT2D eigenvalue weighted by Gasteiger charge is -2.37. The fourth-order valence-electron chi connectivity index (χ4n) is 4.13. The smallest absolute Gasteiger partial charge is 0.410 e. The van der Waals surface area contributed by atoms with Gasteiger partial charge in [0, 0.05) is 45.1 Å². The summed E-state index contributed by atoms with van der Waals surface area (Å²) in [5.41, 5.74) is -0.493. The van der Waals surface area contributed by atoms with Crippen LogP contribution in [0.4, 0.5) is 4.79 Å². The van der Waals surface area contributed by atoms with Crippen molar-refractivity contribution in [1.82, 2.24) is 14.7 Å². The van der Waals surface area contributed by atoms with Gasteiger partial charge >= 0.3 is 17.9 Å². The summed E-state index contributed by atoms with van der Waals surface area (Å²) in [4.78, 5) is 42.0. The number of likely N-dealkylation sites (tertiary alicyclic amines) is 2. The van der Waals surface area contributed by atoms with Crippen LogP contribution in [0.2, 0.25) is 0 Å². The Hall–Kier alpha value is -1.79. The molecule has 1 spiro atoms. The van der Waals surface area contributed by atoms with E-state index < -0.39 is 11.5 Å². The van der Waals surface area contributed by atoms with Gasteiger partial charge in [-0.3, -0.25) is 9.59 Å². The van der Waals surface area contributed by atoms with Crippen molar-refractivity contribution < 1.29 is 19.1 Å². The minimum absolute atomic E-state index is 0.174. The maximum absolute atomic E-state index is 12.4. The standard InChI is InChI=1S/C18H29N3O4/c1-3-6-14(2)21-13-18(25-17(21)24)7-11-20(12-8-18)16(23)15(22)19-9-4-5-10-19/h14H,3-13H2,1-2H3/t14-/m1/s1. The van der Waals surface area contributed by atoms with E-state index in [1.807, 2.05) is 4.90 Å². The molecule has 3 aliphatic heterocycles. The molecule has 1 atom stereocenters. The number of hydrogen-bond donors (Lipinski definition) is 0. The lowest BCUT2D eigenvalue weighted by atomic mass is 9.91. The van der Waals surface area contributed by atoms with Crippen molar-refractivity contribution in [3.05, 3.63) is 0 Å². The Kier molecular flexibility index (Phi) is 5.20. The van der Waals surface area contributed by atoms with Gasteiger partial charge in [0.1, 0.15) is 5.60 Å². The lowest BCUT2D eigenvalue weighted by molar-refractivity contribution is -0.153. The summed E-state index contributed by atoms with van der Waals surface area (Å²) < 4.78 is 5.71. The van der Waals surface area contributed by atoms with Crippen LogP contribution in [0, 0.1) is 0 Å². The number of hydrogen-bond acceptors (Lipinski definition) is 4. The number of rotatable bonds is 3. The molecule has 0 aliphatic carbocycles. The van der Waals surface area contributed by atoms with E-state index in [9.17, 15) is 14.4 Å². The zero-order valence-corrected chi connectivity index (χ0v) is 15.3. The summed E-state index contributed by atoms with van der Waals surface area (Å²) in [6.07, 6.45) is 4.90. The summed E-state index contributed by atoms with van der Waals surface area (Å²) in [5, 5.41) is 0. The number of piperidine rings is 1. The van der Waals surface area contributed by atoms with Crippen LogP contribution in [0.15, 0.2) is 0 Å². The Bertz CT molecular complexity index is 536. The summed E-state index contributed by atoms with van der Waals surface area (Å²) in [6.45, 7) is 7.07. The van der Waals surface area contributed by atoms with Crippen LogP contribution in [0.3, 0.4) is 0 Å². The first-order valence-corrected chi connectivity index (χ1v) is 9.53. The molecule has 25 heavy (non-hydrogen) atoms. The van der Waals surface area contributed by atoms with Crippen LogP contribution in [0.1, 0.15) is 52.4 Å². The van der Waals surface area contributed by atoms with Crippen molar-refractivity contribution in [2.24, 2.45) is 0 Å². The highest BCUT2D eigenvalue weighted by Crippen LogP contribution is 2.34. The van der Waals surface area contributed by atoms with Gasteiger partial charge in [-0.25, -0.2) is 4.79 Å². The van der Waals surface area contributed by atoms with Gasteiger partial charge in [0.2, 0.25) is 0 Å². The first-order chi connectivity index (χ1) is 12.0. The van der Waals surface area contributed by atoms with E-state index in [0.717, 1.165) is 25.7 Å². The highest BCUT2D eigenvalue weighted by molar-refractivity contribution is 6.34. The van der Waals surface area contributed by atoms with Crippen LogP contribution in [-0.2, 0) is 14.3 Å². The third kappa shape index (κ3) is 3.60. The molecule has 0 aromatic carbocycles. The number of ether oxygens (including phenoxy) is 1. The highest BCUT2D eigenvalue weighted by Gasteiger charge is 2.49. The topological polar surface area (TPSA) is 70.2 Å². The first kappa shape index (κ1) is 18.0. The lowest BCUT2D eigenvalue weighted by Crippen LogP contribution is -2.52. The van der Waals surface area contributed by atoms with Gasteiger partial charge in [-0.1, -0.05) is 13.3 Å². The van der Waals surface area contributed by atoms with Crippen LogP contribution in [-0.4, -0.2) is 77.0 Å². The average Bonchev–Trinajstić information content (AvgIpc) is 3.23. The Labute approximate surface area is 149 Å². The Morgan fingerprint density at radius 2 is 1.64 bits per heavy atom. The summed E-state index contributed by atoms with van der Waals surface area (Å²) in [6, 6.07) is 0.174. The maximum atomic E-state index is 12.4. The van der Waals surface area contributed by atoms with Crippen LogP contribution in [0.25, 0.3) is 0 Å². The Morgan fingerprint density at radius 1 is 1.08 bits per heavy atom. The quantitative estimate of drug-likeness (QED) is 0.725. The van der Waals surface area contributed by atoms with E-state index in [-0.39, 0.29) is 18.0 Å². The molecule has 0 aromatic heterocycles. The number of nitrogens with zero attached hydrogens (tertiary/aromatic N) is 3. The zero-order chi connectivity index (χ0) is 18.0. The molecule has 0 radical (unpaired) electrons. The second kappa shape index (κ2) is 7.22. The fraction of sp³-hybridized carbons (Fsp3) is 0.833. The molecular weight excluding hydrogens is 322 g/mol. The monoisotopic (exact) mass is 351 g/mol. The third-order valence-corrected chi connectivity index (χ3v) is 5.77. The van der Waals surface area contributed by atoms with Crippen molar-refractivity contribution in [2.45, 2.75) is 64.0 Å². The highest BCUT2D eigenvalue weighted by atomic mass is 16.6. The zero-order valence-electron chi connectivity index (χ0n) is 15.3. The van der Waals surface area contributed by atoms with Crippen LogP contribution in [0.5, 0.6) is 0 Å². The summed E-state index contributed by atoms with van der Waals surface area (Å²) >= 11 is 0. The molecule has 0 bridgehead atoms. The molecule has 0 unspecified atom stereocenters. The molecule has 140 valence electrons. The van der Waals surface area contributed by atoms with Crippen LogP contribution < -0.4 is 0 Å². The molecule has 7 nitrogen and oxygen atoms in total. The number of amides is 3. The largest absolute Gasteiger partial charge is 0.441 e. The van der Waals surface area contributed by atoms with Gasteiger partial charge in [0.25, 0.3) is 0 Å². The fourth-order valence-corrected chi connectivity index (χ4v) is 4.13. The van der Waals surface area contributed by atoms with Crippen molar-refractivity contribution in [1.29, 1.82) is 0 Å². The Balaban J connectivity index is 1.55. The third-order valence-electron chi connectivity index (χ3n) is 5.77.